The molecule has 12 heavy (non-hydrogen) atoms. The summed E-state index contributed by atoms with van der Waals surface area (Å²) >= 11 is 0. The molecule has 0 aromatic heterocycles. The standard InChI is InChI=1S/C9H19N3/c1-7(2)5-6-12(9(10)11)8-3-4-8/h7-8H,3-6H2,1-2H3,(H3,10,11). The van der Waals surface area contributed by atoms with Crippen molar-refractivity contribution in [1.29, 1.82) is 5.41 Å². The van der Waals surface area contributed by atoms with E-state index in [1.54, 1.807) is 0 Å². The van der Waals surface area contributed by atoms with Gasteiger partial charge in [0.05, 0.1) is 0 Å². The lowest BCUT2D eigenvalue weighted by Crippen LogP contribution is -2.39. The number of guanidine groups is 1. The maximum absolute atomic E-state index is 7.37. The first kappa shape index (κ1) is 9.36. The third-order valence-electron chi connectivity index (χ3n) is 2.24. The molecule has 0 heterocycles. The monoisotopic (exact) mass is 169 g/mol. The van der Waals surface area contributed by atoms with Gasteiger partial charge in [-0.1, -0.05) is 13.8 Å². The number of hydrogen-bond donors (Lipinski definition) is 2. The molecule has 70 valence electrons. The molecule has 0 bridgehead atoms. The zero-order valence-corrected chi connectivity index (χ0v) is 8.01. The third kappa shape index (κ3) is 2.72. The predicted molar refractivity (Wildman–Crippen MR) is 51.1 cm³/mol. The lowest BCUT2D eigenvalue weighted by atomic mass is 10.1. The highest BCUT2D eigenvalue weighted by atomic mass is 15.3. The highest BCUT2D eigenvalue weighted by Gasteiger charge is 2.29. The Morgan fingerprint density at radius 2 is 2.17 bits per heavy atom. The van der Waals surface area contributed by atoms with E-state index in [9.17, 15) is 0 Å². The molecule has 1 aliphatic carbocycles. The molecule has 3 heteroatoms. The summed E-state index contributed by atoms with van der Waals surface area (Å²) in [5.74, 6) is 0.948. The van der Waals surface area contributed by atoms with Gasteiger partial charge in [0.2, 0.25) is 0 Å². The van der Waals surface area contributed by atoms with E-state index in [1.165, 1.54) is 12.8 Å². The minimum atomic E-state index is 0.248. The molecule has 0 aromatic rings. The molecule has 1 aliphatic rings. The van der Waals surface area contributed by atoms with Crippen LogP contribution < -0.4 is 5.73 Å². The highest BCUT2D eigenvalue weighted by molar-refractivity contribution is 5.75. The van der Waals surface area contributed by atoms with Crippen molar-refractivity contribution in [3.63, 3.8) is 0 Å². The topological polar surface area (TPSA) is 53.1 Å². The van der Waals surface area contributed by atoms with Gasteiger partial charge in [0, 0.05) is 12.6 Å². The van der Waals surface area contributed by atoms with Crippen molar-refractivity contribution in [3.8, 4) is 0 Å². The van der Waals surface area contributed by atoms with Gasteiger partial charge in [0.15, 0.2) is 5.96 Å². The fraction of sp³-hybridized carbons (Fsp3) is 0.889. The zero-order chi connectivity index (χ0) is 9.14. The summed E-state index contributed by atoms with van der Waals surface area (Å²) in [6, 6.07) is 0.584. The van der Waals surface area contributed by atoms with E-state index in [2.05, 4.69) is 13.8 Å². The van der Waals surface area contributed by atoms with Crippen LogP contribution in [0.15, 0.2) is 0 Å². The van der Waals surface area contributed by atoms with E-state index >= 15 is 0 Å². The maximum atomic E-state index is 7.37. The minimum absolute atomic E-state index is 0.248. The summed E-state index contributed by atoms with van der Waals surface area (Å²) < 4.78 is 0. The molecule has 3 N–H and O–H groups in total. The van der Waals surface area contributed by atoms with Crippen molar-refractivity contribution in [3.05, 3.63) is 0 Å². The molecule has 0 aliphatic heterocycles. The van der Waals surface area contributed by atoms with E-state index in [0.717, 1.165) is 13.0 Å². The fourth-order valence-corrected chi connectivity index (χ4v) is 1.28. The first-order chi connectivity index (χ1) is 5.61. The highest BCUT2D eigenvalue weighted by Crippen LogP contribution is 2.26. The van der Waals surface area contributed by atoms with Gasteiger partial charge in [-0.15, -0.1) is 0 Å². The molecule has 1 saturated carbocycles. The van der Waals surface area contributed by atoms with Crippen molar-refractivity contribution < 1.29 is 0 Å². The van der Waals surface area contributed by atoms with Gasteiger partial charge in [0.25, 0.3) is 0 Å². The van der Waals surface area contributed by atoms with Crippen LogP contribution in [0.2, 0.25) is 0 Å². The van der Waals surface area contributed by atoms with Gasteiger partial charge in [-0.2, -0.15) is 0 Å². The Bertz CT molecular complexity index is 161. The van der Waals surface area contributed by atoms with Crippen LogP contribution in [-0.2, 0) is 0 Å². The summed E-state index contributed by atoms with van der Waals surface area (Å²) in [4.78, 5) is 2.03. The number of hydrogen-bond acceptors (Lipinski definition) is 1. The summed E-state index contributed by atoms with van der Waals surface area (Å²) in [7, 11) is 0. The van der Waals surface area contributed by atoms with Crippen LogP contribution in [0.3, 0.4) is 0 Å². The van der Waals surface area contributed by atoms with Crippen molar-refractivity contribution in [2.24, 2.45) is 11.7 Å². The van der Waals surface area contributed by atoms with Crippen LogP contribution in [0.5, 0.6) is 0 Å². The molecular weight excluding hydrogens is 150 g/mol. The smallest absolute Gasteiger partial charge is 0.188 e. The molecular formula is C9H19N3. The van der Waals surface area contributed by atoms with Crippen LogP contribution in [0.4, 0.5) is 0 Å². The van der Waals surface area contributed by atoms with Crippen LogP contribution >= 0.6 is 0 Å². The predicted octanol–water partition coefficient (Wildman–Crippen LogP) is 1.39. The third-order valence-corrected chi connectivity index (χ3v) is 2.24. The molecule has 0 unspecified atom stereocenters. The SMILES string of the molecule is CC(C)CCN(C(=N)N)C1CC1. The van der Waals surface area contributed by atoms with Gasteiger partial charge in [-0.25, -0.2) is 0 Å². The van der Waals surface area contributed by atoms with Crippen LogP contribution in [0.1, 0.15) is 33.1 Å². The molecule has 1 fully saturated rings. The maximum Gasteiger partial charge on any atom is 0.188 e. The Morgan fingerprint density at radius 1 is 1.58 bits per heavy atom. The Hall–Kier alpha value is -0.730. The van der Waals surface area contributed by atoms with E-state index in [-0.39, 0.29) is 5.96 Å². The molecule has 0 atom stereocenters. The second-order valence-electron chi connectivity index (χ2n) is 3.99. The van der Waals surface area contributed by atoms with Crippen LogP contribution in [0.25, 0.3) is 0 Å². The van der Waals surface area contributed by atoms with E-state index < -0.39 is 0 Å². The van der Waals surface area contributed by atoms with Gasteiger partial charge in [0.1, 0.15) is 0 Å². The first-order valence-corrected chi connectivity index (χ1v) is 4.72. The van der Waals surface area contributed by atoms with Gasteiger partial charge in [-0.3, -0.25) is 5.41 Å². The molecule has 3 nitrogen and oxygen atoms in total. The second kappa shape index (κ2) is 3.78. The molecule has 0 radical (unpaired) electrons. The lowest BCUT2D eigenvalue weighted by molar-refractivity contribution is 0.367. The number of nitrogens with one attached hydrogen (secondary N) is 1. The van der Waals surface area contributed by atoms with Crippen molar-refractivity contribution in [2.75, 3.05) is 6.54 Å². The number of nitrogens with zero attached hydrogens (tertiary/aromatic N) is 1. The van der Waals surface area contributed by atoms with Gasteiger partial charge in [-0.05, 0) is 25.2 Å². The van der Waals surface area contributed by atoms with Gasteiger partial charge >= 0.3 is 0 Å². The van der Waals surface area contributed by atoms with Crippen molar-refractivity contribution in [2.45, 2.75) is 39.2 Å². The number of nitrogens with two attached hydrogens (primary N) is 1. The molecule has 0 aromatic carbocycles. The number of rotatable bonds is 4. The quantitative estimate of drug-likeness (QED) is 0.493. The normalized spacial score (nSPS) is 16.6. The molecule has 0 amide bonds. The minimum Gasteiger partial charge on any atom is -0.370 e. The Labute approximate surface area is 74.4 Å². The summed E-state index contributed by atoms with van der Waals surface area (Å²) in [6.07, 6.45) is 3.57. The second-order valence-corrected chi connectivity index (χ2v) is 3.99. The first-order valence-electron chi connectivity index (χ1n) is 4.72. The largest absolute Gasteiger partial charge is 0.370 e. The fourth-order valence-electron chi connectivity index (χ4n) is 1.28. The van der Waals surface area contributed by atoms with Crippen molar-refractivity contribution in [1.82, 2.24) is 4.90 Å². The lowest BCUT2D eigenvalue weighted by Gasteiger charge is -2.22. The van der Waals surface area contributed by atoms with E-state index in [0.29, 0.717) is 12.0 Å². The van der Waals surface area contributed by atoms with Crippen LogP contribution in [-0.4, -0.2) is 23.4 Å². The molecule has 0 spiro atoms. The van der Waals surface area contributed by atoms with Crippen LogP contribution in [0, 0.1) is 11.3 Å². The molecule has 0 saturated heterocycles. The summed E-state index contributed by atoms with van der Waals surface area (Å²) in [6.45, 7) is 5.36. The summed E-state index contributed by atoms with van der Waals surface area (Å²) in [5.41, 5.74) is 5.47. The average Bonchev–Trinajstić information content (AvgIpc) is 2.69. The molecule has 1 rings (SSSR count). The summed E-state index contributed by atoms with van der Waals surface area (Å²) in [5, 5.41) is 7.37. The Kier molecular flexibility index (Phi) is 2.95. The van der Waals surface area contributed by atoms with E-state index in [4.69, 9.17) is 11.1 Å². The Morgan fingerprint density at radius 3 is 2.50 bits per heavy atom. The zero-order valence-electron chi connectivity index (χ0n) is 8.01. The van der Waals surface area contributed by atoms with Crippen molar-refractivity contribution >= 4 is 5.96 Å². The van der Waals surface area contributed by atoms with E-state index in [1.807, 2.05) is 4.90 Å². The average molecular weight is 169 g/mol. The van der Waals surface area contributed by atoms with Gasteiger partial charge < -0.3 is 10.6 Å². The Balaban J connectivity index is 2.28.